The van der Waals surface area contributed by atoms with Crippen LogP contribution in [0.25, 0.3) is 0 Å². The molecule has 1 aromatic carbocycles. The summed E-state index contributed by atoms with van der Waals surface area (Å²) in [5, 5.41) is 15.8. The third-order valence-electron chi connectivity index (χ3n) is 2.54. The lowest BCUT2D eigenvalue weighted by Gasteiger charge is -2.16. The van der Waals surface area contributed by atoms with E-state index in [1.54, 1.807) is 11.9 Å². The summed E-state index contributed by atoms with van der Waals surface area (Å²) in [6.45, 7) is 0. The highest BCUT2D eigenvalue weighted by Crippen LogP contribution is 2.14. The molecule has 5 nitrogen and oxygen atoms in total. The summed E-state index contributed by atoms with van der Waals surface area (Å²) in [4.78, 5) is 11.9. The highest BCUT2D eigenvalue weighted by Gasteiger charge is 2.03. The molecule has 0 aromatic heterocycles. The highest BCUT2D eigenvalue weighted by molar-refractivity contribution is 5.91. The molecular formula is C12H17N3O2. The minimum absolute atomic E-state index is 0.0105. The van der Waals surface area contributed by atoms with Gasteiger partial charge in [-0.25, -0.2) is 0 Å². The Labute approximate surface area is 100 Å². The van der Waals surface area contributed by atoms with E-state index < -0.39 is 5.97 Å². The van der Waals surface area contributed by atoms with Crippen molar-refractivity contribution in [3.63, 3.8) is 0 Å². The summed E-state index contributed by atoms with van der Waals surface area (Å²) in [5.74, 6) is -0.776. The van der Waals surface area contributed by atoms with E-state index in [-0.39, 0.29) is 12.4 Å². The molecule has 0 atom stereocenters. The number of carboxylic acid groups (broad SMARTS) is 1. The molecule has 4 N–H and O–H groups in total. The van der Waals surface area contributed by atoms with Crippen molar-refractivity contribution in [3.8, 4) is 0 Å². The molecule has 0 amide bonds. The number of carboxylic acids is 1. The summed E-state index contributed by atoms with van der Waals surface area (Å²) in [7, 11) is 1.72. The molecule has 92 valence electrons. The third-order valence-corrected chi connectivity index (χ3v) is 2.54. The van der Waals surface area contributed by atoms with Crippen molar-refractivity contribution in [2.24, 2.45) is 5.73 Å². The van der Waals surface area contributed by atoms with E-state index in [1.165, 1.54) is 0 Å². The van der Waals surface area contributed by atoms with Crippen LogP contribution in [0.1, 0.15) is 18.4 Å². The summed E-state index contributed by atoms with van der Waals surface area (Å²) in [6, 6.07) is 7.60. The van der Waals surface area contributed by atoms with Gasteiger partial charge in [-0.1, -0.05) is 12.1 Å². The Morgan fingerprint density at radius 2 is 2.00 bits per heavy atom. The smallest absolute Gasteiger partial charge is 0.303 e. The van der Waals surface area contributed by atoms with Crippen LogP contribution in [0.4, 0.5) is 5.69 Å². The zero-order chi connectivity index (χ0) is 12.8. The minimum atomic E-state index is -0.766. The Morgan fingerprint density at radius 3 is 2.47 bits per heavy atom. The quantitative estimate of drug-likeness (QED) is 0.532. The van der Waals surface area contributed by atoms with E-state index >= 15 is 0 Å². The van der Waals surface area contributed by atoms with E-state index in [0.717, 1.165) is 17.7 Å². The number of hydrogen-bond donors (Lipinski definition) is 3. The van der Waals surface area contributed by atoms with Gasteiger partial charge in [-0.05, 0) is 30.5 Å². The van der Waals surface area contributed by atoms with E-state index in [4.69, 9.17) is 16.2 Å². The van der Waals surface area contributed by atoms with Gasteiger partial charge in [0, 0.05) is 19.2 Å². The van der Waals surface area contributed by atoms with Gasteiger partial charge in [-0.15, -0.1) is 0 Å². The van der Waals surface area contributed by atoms with Crippen molar-refractivity contribution in [3.05, 3.63) is 29.8 Å². The first-order valence-electron chi connectivity index (χ1n) is 5.39. The first-order valence-corrected chi connectivity index (χ1v) is 5.39. The van der Waals surface area contributed by atoms with Crippen molar-refractivity contribution < 1.29 is 9.90 Å². The average Bonchev–Trinajstić information content (AvgIpc) is 2.28. The summed E-state index contributed by atoms with van der Waals surface area (Å²) in [6.07, 6.45) is 1.57. The normalized spacial score (nSPS) is 9.94. The first kappa shape index (κ1) is 13.0. The fourth-order valence-corrected chi connectivity index (χ4v) is 1.47. The number of aryl methyl sites for hydroxylation is 1. The molecule has 0 aliphatic heterocycles. The fraction of sp³-hybridized carbons (Fsp3) is 0.333. The Balaban J connectivity index is 2.56. The molecule has 0 radical (unpaired) electrons. The molecule has 1 rings (SSSR count). The highest BCUT2D eigenvalue weighted by atomic mass is 16.4. The van der Waals surface area contributed by atoms with Gasteiger partial charge >= 0.3 is 5.97 Å². The van der Waals surface area contributed by atoms with Gasteiger partial charge in [0.1, 0.15) is 0 Å². The molecule has 5 heteroatoms. The summed E-state index contributed by atoms with van der Waals surface area (Å²) < 4.78 is 0. The number of nitrogens with two attached hydrogens (primary N) is 1. The second kappa shape index (κ2) is 5.89. The van der Waals surface area contributed by atoms with Gasteiger partial charge in [0.2, 0.25) is 0 Å². The number of aliphatic carboxylic acids is 1. The Hall–Kier alpha value is -2.04. The second-order valence-electron chi connectivity index (χ2n) is 3.86. The molecule has 0 unspecified atom stereocenters. The molecule has 1 aromatic rings. The van der Waals surface area contributed by atoms with Gasteiger partial charge in [-0.3, -0.25) is 10.2 Å². The van der Waals surface area contributed by atoms with Crippen LogP contribution in [0.2, 0.25) is 0 Å². The number of nitrogens with one attached hydrogen (secondary N) is 1. The molecule has 0 heterocycles. The van der Waals surface area contributed by atoms with Crippen LogP contribution < -0.4 is 10.6 Å². The predicted octanol–water partition coefficient (Wildman–Crippen LogP) is 1.42. The predicted molar refractivity (Wildman–Crippen MR) is 67.3 cm³/mol. The monoisotopic (exact) mass is 235 g/mol. The van der Waals surface area contributed by atoms with Crippen molar-refractivity contribution >= 4 is 17.6 Å². The third kappa shape index (κ3) is 4.14. The van der Waals surface area contributed by atoms with Gasteiger partial charge in [0.25, 0.3) is 0 Å². The number of carbonyl (C=O) groups is 1. The molecule has 0 aliphatic carbocycles. The molecule has 0 aliphatic rings. The SMILES string of the molecule is CN(C(=N)N)c1ccc(CCCC(=O)O)cc1. The average molecular weight is 235 g/mol. The van der Waals surface area contributed by atoms with Crippen LogP contribution >= 0.6 is 0 Å². The van der Waals surface area contributed by atoms with Crippen LogP contribution in [0.5, 0.6) is 0 Å². The topological polar surface area (TPSA) is 90.4 Å². The first-order chi connectivity index (χ1) is 8.00. The van der Waals surface area contributed by atoms with Crippen molar-refractivity contribution in [2.45, 2.75) is 19.3 Å². The molecule has 0 spiro atoms. The molecule has 0 fully saturated rings. The van der Waals surface area contributed by atoms with Gasteiger partial charge in [0.15, 0.2) is 5.96 Å². The Kier molecular flexibility index (Phi) is 4.51. The van der Waals surface area contributed by atoms with Crippen LogP contribution in [-0.2, 0) is 11.2 Å². The number of nitrogens with zero attached hydrogens (tertiary/aromatic N) is 1. The minimum Gasteiger partial charge on any atom is -0.481 e. The zero-order valence-corrected chi connectivity index (χ0v) is 9.81. The summed E-state index contributed by atoms with van der Waals surface area (Å²) in [5.41, 5.74) is 7.30. The van der Waals surface area contributed by atoms with E-state index in [0.29, 0.717) is 6.42 Å². The van der Waals surface area contributed by atoms with E-state index in [1.807, 2.05) is 24.3 Å². The number of rotatable bonds is 5. The van der Waals surface area contributed by atoms with Crippen molar-refractivity contribution in [2.75, 3.05) is 11.9 Å². The van der Waals surface area contributed by atoms with Gasteiger partial charge < -0.3 is 15.7 Å². The lowest BCUT2D eigenvalue weighted by molar-refractivity contribution is -0.137. The van der Waals surface area contributed by atoms with Crippen LogP contribution in [0, 0.1) is 5.41 Å². The molecule has 17 heavy (non-hydrogen) atoms. The van der Waals surface area contributed by atoms with E-state index in [9.17, 15) is 4.79 Å². The molecule has 0 bridgehead atoms. The molecular weight excluding hydrogens is 218 g/mol. The molecule has 0 saturated carbocycles. The lowest BCUT2D eigenvalue weighted by Crippen LogP contribution is -2.32. The maximum Gasteiger partial charge on any atom is 0.303 e. The second-order valence-corrected chi connectivity index (χ2v) is 3.86. The number of anilines is 1. The van der Waals surface area contributed by atoms with Crippen molar-refractivity contribution in [1.29, 1.82) is 5.41 Å². The van der Waals surface area contributed by atoms with Crippen LogP contribution in [0.15, 0.2) is 24.3 Å². The standard InChI is InChI=1S/C12H17N3O2/c1-15(12(13)14)10-7-5-9(6-8-10)3-2-4-11(16)17/h5-8H,2-4H2,1H3,(H3,13,14)(H,16,17). The lowest BCUT2D eigenvalue weighted by atomic mass is 10.1. The number of guanidine groups is 1. The number of hydrogen-bond acceptors (Lipinski definition) is 2. The van der Waals surface area contributed by atoms with Gasteiger partial charge in [0.05, 0.1) is 0 Å². The summed E-state index contributed by atoms with van der Waals surface area (Å²) >= 11 is 0. The van der Waals surface area contributed by atoms with E-state index in [2.05, 4.69) is 0 Å². The fourth-order valence-electron chi connectivity index (χ4n) is 1.47. The Morgan fingerprint density at radius 1 is 1.41 bits per heavy atom. The largest absolute Gasteiger partial charge is 0.481 e. The maximum atomic E-state index is 10.4. The number of benzene rings is 1. The zero-order valence-electron chi connectivity index (χ0n) is 9.81. The maximum absolute atomic E-state index is 10.4. The van der Waals surface area contributed by atoms with Gasteiger partial charge in [-0.2, -0.15) is 0 Å². The van der Waals surface area contributed by atoms with Crippen LogP contribution in [0.3, 0.4) is 0 Å². The molecule has 0 saturated heterocycles. The Bertz CT molecular complexity index is 401. The van der Waals surface area contributed by atoms with Crippen molar-refractivity contribution in [1.82, 2.24) is 0 Å². The van der Waals surface area contributed by atoms with Crippen LogP contribution in [-0.4, -0.2) is 24.1 Å².